The van der Waals surface area contributed by atoms with Crippen LogP contribution in [0.1, 0.15) is 5.56 Å². The van der Waals surface area contributed by atoms with Crippen LogP contribution in [0.2, 0.25) is 10.0 Å². The second-order valence-corrected chi connectivity index (χ2v) is 6.78. The first kappa shape index (κ1) is 16.3. The van der Waals surface area contributed by atoms with Crippen LogP contribution in [-0.4, -0.2) is 29.6 Å². The molecule has 2 N–H and O–H groups in total. The number of rotatable bonds is 6. The highest BCUT2D eigenvalue weighted by Gasteiger charge is 2.19. The van der Waals surface area contributed by atoms with Crippen molar-refractivity contribution in [2.75, 3.05) is 6.54 Å². The normalized spacial score (nSPS) is 11.8. The maximum atomic E-state index is 12.2. The first-order valence-corrected chi connectivity index (χ1v) is 8.22. The molecule has 0 fully saturated rings. The summed E-state index contributed by atoms with van der Waals surface area (Å²) < 4.78 is 28.6. The highest BCUT2D eigenvalue weighted by Crippen LogP contribution is 2.28. The molecule has 0 spiro atoms. The lowest BCUT2D eigenvalue weighted by atomic mass is 10.2. The van der Waals surface area contributed by atoms with Gasteiger partial charge in [0, 0.05) is 30.5 Å². The van der Waals surface area contributed by atoms with Crippen LogP contribution in [0.15, 0.2) is 35.7 Å². The molecule has 0 aliphatic carbocycles. The molecular weight excluding hydrogens is 337 g/mol. The van der Waals surface area contributed by atoms with E-state index in [1.807, 2.05) is 0 Å². The summed E-state index contributed by atoms with van der Waals surface area (Å²) in [5, 5.41) is 9.38. The van der Waals surface area contributed by atoms with Gasteiger partial charge in [0.05, 0.1) is 18.0 Å². The van der Waals surface area contributed by atoms with E-state index in [4.69, 9.17) is 28.3 Å². The molecule has 0 saturated heterocycles. The molecule has 0 saturated carbocycles. The number of nitrogens with one attached hydrogen (secondary N) is 1. The topological polar surface area (TPSA) is 84.2 Å². The van der Waals surface area contributed by atoms with Gasteiger partial charge in [-0.1, -0.05) is 23.2 Å². The summed E-state index contributed by atoms with van der Waals surface area (Å²) in [6.45, 7) is 0.261. The van der Waals surface area contributed by atoms with Gasteiger partial charge in [-0.2, -0.15) is 0 Å². The van der Waals surface area contributed by atoms with Crippen molar-refractivity contribution in [2.45, 2.75) is 18.0 Å². The van der Waals surface area contributed by atoms with Crippen molar-refractivity contribution < 1.29 is 13.5 Å². The quantitative estimate of drug-likeness (QED) is 0.830. The Morgan fingerprint density at radius 2 is 2.05 bits per heavy atom. The van der Waals surface area contributed by atoms with Crippen molar-refractivity contribution in [1.29, 1.82) is 0 Å². The summed E-state index contributed by atoms with van der Waals surface area (Å²) in [5.74, 6) is 0. The molecule has 21 heavy (non-hydrogen) atoms. The zero-order valence-electron chi connectivity index (χ0n) is 10.8. The standard InChI is InChI=1S/C12H13Cl2N3O3S/c13-10-6-11(14)12(5-9(10)7-18)21(19,20)16-2-4-17-3-1-15-8-17/h1,3,5-6,8,16,18H,2,4,7H2. The van der Waals surface area contributed by atoms with E-state index in [9.17, 15) is 8.42 Å². The third kappa shape index (κ3) is 3.96. The smallest absolute Gasteiger partial charge is 0.242 e. The zero-order chi connectivity index (χ0) is 15.5. The summed E-state index contributed by atoms with van der Waals surface area (Å²) in [6.07, 6.45) is 4.93. The van der Waals surface area contributed by atoms with Crippen LogP contribution in [0, 0.1) is 0 Å². The Morgan fingerprint density at radius 3 is 2.67 bits per heavy atom. The van der Waals surface area contributed by atoms with Crippen molar-refractivity contribution in [3.63, 3.8) is 0 Å². The average Bonchev–Trinajstić information content (AvgIpc) is 2.91. The minimum Gasteiger partial charge on any atom is -0.392 e. The van der Waals surface area contributed by atoms with Crippen molar-refractivity contribution in [3.8, 4) is 0 Å². The van der Waals surface area contributed by atoms with Crippen molar-refractivity contribution in [1.82, 2.24) is 14.3 Å². The average molecular weight is 350 g/mol. The predicted octanol–water partition coefficient (Wildman–Crippen LogP) is 1.66. The zero-order valence-corrected chi connectivity index (χ0v) is 13.2. The van der Waals surface area contributed by atoms with Crippen LogP contribution in [0.4, 0.5) is 0 Å². The highest BCUT2D eigenvalue weighted by atomic mass is 35.5. The molecule has 9 heteroatoms. The number of hydrogen-bond donors (Lipinski definition) is 2. The fourth-order valence-electron chi connectivity index (χ4n) is 1.70. The Balaban J connectivity index is 2.15. The monoisotopic (exact) mass is 349 g/mol. The lowest BCUT2D eigenvalue weighted by Gasteiger charge is -2.11. The molecule has 1 aromatic heterocycles. The lowest BCUT2D eigenvalue weighted by molar-refractivity contribution is 0.281. The maximum absolute atomic E-state index is 12.2. The molecule has 0 amide bonds. The first-order chi connectivity index (χ1) is 9.94. The lowest BCUT2D eigenvalue weighted by Crippen LogP contribution is -2.27. The number of halogens is 2. The molecule has 0 aliphatic rings. The number of nitrogens with zero attached hydrogens (tertiary/aromatic N) is 2. The number of sulfonamides is 1. The molecule has 1 aromatic carbocycles. The van der Waals surface area contributed by atoms with Gasteiger partial charge >= 0.3 is 0 Å². The summed E-state index contributed by atoms with van der Waals surface area (Å²) in [7, 11) is -3.78. The van der Waals surface area contributed by atoms with Gasteiger partial charge in [-0.25, -0.2) is 18.1 Å². The molecule has 0 aliphatic heterocycles. The number of hydrogen-bond acceptors (Lipinski definition) is 4. The first-order valence-electron chi connectivity index (χ1n) is 5.98. The van der Waals surface area contributed by atoms with Gasteiger partial charge in [-0.05, 0) is 17.7 Å². The predicted molar refractivity (Wildman–Crippen MR) is 79.8 cm³/mol. The Bertz CT molecular complexity index is 718. The van der Waals surface area contributed by atoms with Crippen LogP contribution in [-0.2, 0) is 23.2 Å². The third-order valence-electron chi connectivity index (χ3n) is 2.78. The molecule has 0 bridgehead atoms. The van der Waals surface area contributed by atoms with Crippen molar-refractivity contribution >= 4 is 33.2 Å². The van der Waals surface area contributed by atoms with E-state index in [1.54, 1.807) is 23.3 Å². The molecule has 0 atom stereocenters. The molecule has 0 unspecified atom stereocenters. The van der Waals surface area contributed by atoms with Crippen LogP contribution >= 0.6 is 23.2 Å². The van der Waals surface area contributed by atoms with Gasteiger partial charge in [-0.15, -0.1) is 0 Å². The van der Waals surface area contributed by atoms with Crippen LogP contribution in [0.25, 0.3) is 0 Å². The van der Waals surface area contributed by atoms with Crippen LogP contribution in [0.5, 0.6) is 0 Å². The summed E-state index contributed by atoms with van der Waals surface area (Å²) in [4.78, 5) is 3.76. The van der Waals surface area contributed by atoms with Gasteiger partial charge in [-0.3, -0.25) is 0 Å². The van der Waals surface area contributed by atoms with Gasteiger partial charge < -0.3 is 9.67 Å². The molecule has 114 valence electrons. The molecule has 1 heterocycles. The Morgan fingerprint density at radius 1 is 1.29 bits per heavy atom. The number of imidazole rings is 1. The summed E-state index contributed by atoms with van der Waals surface area (Å²) >= 11 is 11.8. The van der Waals surface area contributed by atoms with Crippen molar-refractivity contribution in [2.24, 2.45) is 0 Å². The van der Waals surface area contributed by atoms with E-state index in [0.717, 1.165) is 0 Å². The molecule has 6 nitrogen and oxygen atoms in total. The third-order valence-corrected chi connectivity index (χ3v) is 5.06. The highest BCUT2D eigenvalue weighted by molar-refractivity contribution is 7.89. The van der Waals surface area contributed by atoms with E-state index >= 15 is 0 Å². The van der Waals surface area contributed by atoms with Crippen LogP contribution < -0.4 is 4.72 Å². The number of aliphatic hydroxyl groups excluding tert-OH is 1. The van der Waals surface area contributed by atoms with Gasteiger partial charge in [0.15, 0.2) is 0 Å². The van der Waals surface area contributed by atoms with E-state index < -0.39 is 10.0 Å². The molecular formula is C12H13Cl2N3O3S. The second-order valence-electron chi connectivity index (χ2n) is 4.23. The largest absolute Gasteiger partial charge is 0.392 e. The van der Waals surface area contributed by atoms with Crippen LogP contribution in [0.3, 0.4) is 0 Å². The van der Waals surface area contributed by atoms with Crippen molar-refractivity contribution in [3.05, 3.63) is 46.5 Å². The second kappa shape index (κ2) is 6.76. The van der Waals surface area contributed by atoms with Gasteiger partial charge in [0.25, 0.3) is 0 Å². The Labute approximate surface area is 132 Å². The molecule has 0 radical (unpaired) electrons. The van der Waals surface area contributed by atoms with E-state index in [-0.39, 0.29) is 28.1 Å². The summed E-state index contributed by atoms with van der Waals surface area (Å²) in [5.41, 5.74) is 0.302. The minimum absolute atomic E-state index is 0.00679. The van der Waals surface area contributed by atoms with E-state index in [1.165, 1.54) is 12.1 Å². The fourth-order valence-corrected chi connectivity index (χ4v) is 3.58. The number of benzene rings is 1. The minimum atomic E-state index is -3.78. The molecule has 2 aromatic rings. The van der Waals surface area contributed by atoms with E-state index in [2.05, 4.69) is 9.71 Å². The van der Waals surface area contributed by atoms with Gasteiger partial charge in [0.1, 0.15) is 4.90 Å². The maximum Gasteiger partial charge on any atom is 0.242 e. The Kier molecular flexibility index (Phi) is 5.23. The SMILES string of the molecule is O=S(=O)(NCCn1ccnc1)c1cc(CO)c(Cl)cc1Cl. The summed E-state index contributed by atoms with van der Waals surface area (Å²) in [6, 6.07) is 2.57. The fraction of sp³-hybridized carbons (Fsp3) is 0.250. The molecule has 2 rings (SSSR count). The number of aromatic nitrogens is 2. The van der Waals surface area contributed by atoms with Gasteiger partial charge in [0.2, 0.25) is 10.0 Å². The Hall–Kier alpha value is -1.12. The number of aliphatic hydroxyl groups is 1. The van der Waals surface area contributed by atoms with E-state index in [0.29, 0.717) is 12.1 Å².